The molecule has 56 valence electrons. The molecule has 1 atom stereocenters. The van der Waals surface area contributed by atoms with E-state index in [1.807, 2.05) is 31.2 Å². The minimum atomic E-state index is -0.497. The fourth-order valence-corrected chi connectivity index (χ4v) is 0.977. The number of hydrogen-bond acceptors (Lipinski definition) is 2. The summed E-state index contributed by atoms with van der Waals surface area (Å²) in [6, 6.07) is 0. The van der Waals surface area contributed by atoms with Crippen molar-refractivity contribution in [2.24, 2.45) is 11.7 Å². The lowest BCUT2D eigenvalue weighted by atomic mass is 9.89. The summed E-state index contributed by atoms with van der Waals surface area (Å²) in [5, 5.41) is 8.86. The Labute approximate surface area is 61.0 Å². The zero-order chi connectivity index (χ0) is 7.61. The van der Waals surface area contributed by atoms with Crippen LogP contribution in [-0.4, -0.2) is 17.3 Å². The van der Waals surface area contributed by atoms with Gasteiger partial charge in [0.25, 0.3) is 0 Å². The van der Waals surface area contributed by atoms with Gasteiger partial charge in [0.1, 0.15) is 0 Å². The summed E-state index contributed by atoms with van der Waals surface area (Å²) >= 11 is 0. The molecule has 1 aliphatic rings. The lowest BCUT2D eigenvalue weighted by molar-refractivity contribution is 0.189. The molecule has 10 heavy (non-hydrogen) atoms. The highest BCUT2D eigenvalue weighted by atomic mass is 16.3. The molecule has 2 heteroatoms. The molecule has 0 aromatic heterocycles. The highest BCUT2D eigenvalue weighted by Crippen LogP contribution is 2.20. The summed E-state index contributed by atoms with van der Waals surface area (Å²) in [5.74, 6) is 0.192. The molecular weight excluding hydrogens is 126 g/mol. The van der Waals surface area contributed by atoms with Crippen LogP contribution in [-0.2, 0) is 0 Å². The average molecular weight is 139 g/mol. The molecule has 0 bridgehead atoms. The Bertz CT molecular complexity index is 158. The number of nitrogens with two attached hydrogens (primary N) is 1. The normalized spacial score (nSPS) is 23.5. The minimum Gasteiger partial charge on any atom is -0.394 e. The van der Waals surface area contributed by atoms with Crippen molar-refractivity contribution in [1.29, 1.82) is 0 Å². The Morgan fingerprint density at radius 3 is 2.40 bits per heavy atom. The van der Waals surface area contributed by atoms with Gasteiger partial charge in [0.15, 0.2) is 0 Å². The monoisotopic (exact) mass is 139 g/mol. The summed E-state index contributed by atoms with van der Waals surface area (Å²) in [6.07, 6.45) is 7.89. The molecule has 0 aromatic rings. The molecule has 0 aromatic carbocycles. The first-order valence-corrected chi connectivity index (χ1v) is 3.41. The Hall–Kier alpha value is -0.600. The molecule has 0 fully saturated rings. The SMILES string of the molecule is C[C@@](N)(CO)C1C=CC=C1. The second kappa shape index (κ2) is 2.56. The van der Waals surface area contributed by atoms with Crippen LogP contribution in [0.4, 0.5) is 0 Å². The highest BCUT2D eigenvalue weighted by molar-refractivity contribution is 5.22. The van der Waals surface area contributed by atoms with Crippen molar-refractivity contribution in [3.05, 3.63) is 24.3 Å². The number of hydrogen-bond donors (Lipinski definition) is 2. The van der Waals surface area contributed by atoms with E-state index >= 15 is 0 Å². The second-order valence-corrected chi connectivity index (χ2v) is 2.96. The smallest absolute Gasteiger partial charge is 0.0617 e. The van der Waals surface area contributed by atoms with Crippen molar-refractivity contribution < 1.29 is 5.11 Å². The van der Waals surface area contributed by atoms with Gasteiger partial charge >= 0.3 is 0 Å². The average Bonchev–Trinajstić information content (AvgIpc) is 2.38. The van der Waals surface area contributed by atoms with Gasteiger partial charge in [-0.05, 0) is 6.92 Å². The van der Waals surface area contributed by atoms with E-state index in [-0.39, 0.29) is 12.5 Å². The van der Waals surface area contributed by atoms with E-state index in [4.69, 9.17) is 10.8 Å². The van der Waals surface area contributed by atoms with Gasteiger partial charge in [0.05, 0.1) is 6.61 Å². The maximum Gasteiger partial charge on any atom is 0.0617 e. The Kier molecular flexibility index (Phi) is 1.92. The van der Waals surface area contributed by atoms with Crippen molar-refractivity contribution in [3.8, 4) is 0 Å². The van der Waals surface area contributed by atoms with E-state index in [9.17, 15) is 0 Å². The maximum atomic E-state index is 8.86. The van der Waals surface area contributed by atoms with Crippen LogP contribution < -0.4 is 5.73 Å². The summed E-state index contributed by atoms with van der Waals surface area (Å²) in [7, 11) is 0. The molecule has 0 spiro atoms. The van der Waals surface area contributed by atoms with Crippen LogP contribution in [0.5, 0.6) is 0 Å². The number of aliphatic hydroxyl groups is 1. The Balaban J connectivity index is 2.64. The van der Waals surface area contributed by atoms with Gasteiger partial charge in [-0.2, -0.15) is 0 Å². The zero-order valence-electron chi connectivity index (χ0n) is 6.12. The first-order chi connectivity index (χ1) is 4.67. The van der Waals surface area contributed by atoms with Crippen molar-refractivity contribution in [3.63, 3.8) is 0 Å². The maximum absolute atomic E-state index is 8.86. The van der Waals surface area contributed by atoms with Gasteiger partial charge in [-0.15, -0.1) is 0 Å². The topological polar surface area (TPSA) is 46.2 Å². The number of allylic oxidation sites excluding steroid dienone is 2. The largest absolute Gasteiger partial charge is 0.394 e. The van der Waals surface area contributed by atoms with Crippen LogP contribution in [0.25, 0.3) is 0 Å². The molecule has 0 heterocycles. The quantitative estimate of drug-likeness (QED) is 0.583. The first kappa shape index (κ1) is 7.51. The van der Waals surface area contributed by atoms with Crippen molar-refractivity contribution in [2.45, 2.75) is 12.5 Å². The standard InChI is InChI=1S/C8H13NO/c1-8(9,6-10)7-4-2-3-5-7/h2-5,7,10H,6,9H2,1H3/t8-/m1/s1. The van der Waals surface area contributed by atoms with Gasteiger partial charge < -0.3 is 10.8 Å². The molecular formula is C8H13NO. The van der Waals surface area contributed by atoms with Crippen LogP contribution in [0.15, 0.2) is 24.3 Å². The minimum absolute atomic E-state index is 0.0202. The molecule has 3 N–H and O–H groups in total. The highest BCUT2D eigenvalue weighted by Gasteiger charge is 2.26. The molecule has 1 rings (SSSR count). The molecule has 0 radical (unpaired) electrons. The molecule has 0 amide bonds. The van der Waals surface area contributed by atoms with E-state index in [0.29, 0.717) is 0 Å². The van der Waals surface area contributed by atoms with Crippen molar-refractivity contribution in [1.82, 2.24) is 0 Å². The van der Waals surface area contributed by atoms with Crippen LogP contribution >= 0.6 is 0 Å². The molecule has 0 unspecified atom stereocenters. The third kappa shape index (κ3) is 1.28. The second-order valence-electron chi connectivity index (χ2n) is 2.96. The third-order valence-corrected chi connectivity index (χ3v) is 1.85. The van der Waals surface area contributed by atoms with Gasteiger partial charge in [-0.3, -0.25) is 0 Å². The predicted octanol–water partition coefficient (Wildman–Crippen LogP) is 0.438. The lowest BCUT2D eigenvalue weighted by Gasteiger charge is -2.26. The van der Waals surface area contributed by atoms with E-state index in [0.717, 1.165) is 0 Å². The third-order valence-electron chi connectivity index (χ3n) is 1.85. The van der Waals surface area contributed by atoms with Gasteiger partial charge in [-0.25, -0.2) is 0 Å². The molecule has 0 aliphatic heterocycles. The van der Waals surface area contributed by atoms with E-state index < -0.39 is 5.54 Å². The van der Waals surface area contributed by atoms with Crippen LogP contribution in [0.1, 0.15) is 6.92 Å². The fourth-order valence-electron chi connectivity index (χ4n) is 0.977. The Morgan fingerprint density at radius 1 is 1.50 bits per heavy atom. The summed E-state index contributed by atoms with van der Waals surface area (Å²) in [5.41, 5.74) is 5.27. The lowest BCUT2D eigenvalue weighted by Crippen LogP contribution is -2.45. The van der Waals surface area contributed by atoms with Crippen molar-refractivity contribution >= 4 is 0 Å². The fraction of sp³-hybridized carbons (Fsp3) is 0.500. The molecule has 0 saturated heterocycles. The van der Waals surface area contributed by atoms with Crippen LogP contribution in [0.3, 0.4) is 0 Å². The molecule has 2 nitrogen and oxygen atoms in total. The summed E-state index contributed by atoms with van der Waals surface area (Å²) in [6.45, 7) is 1.87. The van der Waals surface area contributed by atoms with Crippen molar-refractivity contribution in [2.75, 3.05) is 6.61 Å². The van der Waals surface area contributed by atoms with Crippen LogP contribution in [0, 0.1) is 5.92 Å². The van der Waals surface area contributed by atoms with Gasteiger partial charge in [0, 0.05) is 11.5 Å². The number of aliphatic hydroxyl groups excluding tert-OH is 1. The first-order valence-electron chi connectivity index (χ1n) is 3.41. The summed E-state index contributed by atoms with van der Waals surface area (Å²) < 4.78 is 0. The molecule has 0 saturated carbocycles. The zero-order valence-corrected chi connectivity index (χ0v) is 6.12. The van der Waals surface area contributed by atoms with Crippen LogP contribution in [0.2, 0.25) is 0 Å². The Morgan fingerprint density at radius 2 is 2.00 bits per heavy atom. The summed E-state index contributed by atoms with van der Waals surface area (Å²) in [4.78, 5) is 0. The van der Waals surface area contributed by atoms with Gasteiger partial charge in [-0.1, -0.05) is 24.3 Å². The number of rotatable bonds is 2. The predicted molar refractivity (Wildman–Crippen MR) is 41.4 cm³/mol. The van der Waals surface area contributed by atoms with E-state index in [1.165, 1.54) is 0 Å². The molecule has 1 aliphatic carbocycles. The van der Waals surface area contributed by atoms with E-state index in [2.05, 4.69) is 0 Å². The van der Waals surface area contributed by atoms with E-state index in [1.54, 1.807) is 0 Å². The van der Waals surface area contributed by atoms with Gasteiger partial charge in [0.2, 0.25) is 0 Å².